The average Bonchev–Trinajstić information content (AvgIpc) is 3.45. The van der Waals surface area contributed by atoms with Gasteiger partial charge < -0.3 is 14.5 Å². The molecular weight excluding hydrogens is 593 g/mol. The number of hydrogen-bond donors (Lipinski definition) is 0. The number of hydrogen-bond acceptors (Lipinski definition) is 6. The first kappa shape index (κ1) is 29.2. The Morgan fingerprint density at radius 1 is 1.07 bits per heavy atom. The number of fused-ring (bicyclic) bond motifs is 3. The number of piperidine rings is 1. The molecule has 4 atom stereocenters. The first-order valence-electron chi connectivity index (χ1n) is 13.6. The van der Waals surface area contributed by atoms with Crippen molar-refractivity contribution in [3.63, 3.8) is 0 Å². The second-order valence-corrected chi connectivity index (χ2v) is 14.0. The Labute approximate surface area is 240 Å². The molecule has 0 radical (unpaired) electrons. The summed E-state index contributed by atoms with van der Waals surface area (Å²) in [7, 11) is 0. The normalized spacial score (nSPS) is 27.0. The maximum absolute atomic E-state index is 14.7. The molecule has 1 saturated carbocycles. The van der Waals surface area contributed by atoms with Crippen molar-refractivity contribution < 1.29 is 45.1 Å². The van der Waals surface area contributed by atoms with Gasteiger partial charge in [-0.05, 0) is 39.7 Å². The van der Waals surface area contributed by atoms with Crippen molar-refractivity contribution in [1.29, 1.82) is 0 Å². The van der Waals surface area contributed by atoms with Crippen molar-refractivity contribution in [2.45, 2.75) is 76.2 Å². The first-order chi connectivity index (χ1) is 19.3. The molecule has 0 N–H and O–H groups in total. The molecule has 1 aliphatic carbocycles. The van der Waals surface area contributed by atoms with E-state index in [0.717, 1.165) is 6.07 Å². The van der Waals surface area contributed by atoms with Crippen LogP contribution in [0.1, 0.15) is 44.1 Å². The van der Waals surface area contributed by atoms with E-state index >= 15 is 0 Å². The Kier molecular flexibility index (Phi) is 6.49. The van der Waals surface area contributed by atoms with Gasteiger partial charge in [0.15, 0.2) is 0 Å². The Morgan fingerprint density at radius 3 is 2.33 bits per heavy atom. The predicted molar refractivity (Wildman–Crippen MR) is 139 cm³/mol. The minimum absolute atomic E-state index is 0.0140. The van der Waals surface area contributed by atoms with Gasteiger partial charge >= 0.3 is 18.4 Å². The third-order valence-electron chi connectivity index (χ3n) is 8.46. The maximum Gasteiger partial charge on any atom is 0.419 e. The number of halogens is 7. The molecular formula is C27H29F7N4O3S. The summed E-state index contributed by atoms with van der Waals surface area (Å²) < 4.78 is 101. The van der Waals surface area contributed by atoms with Gasteiger partial charge in [0, 0.05) is 60.0 Å². The molecule has 7 nitrogen and oxygen atoms in total. The van der Waals surface area contributed by atoms with Gasteiger partial charge in [0.2, 0.25) is 5.91 Å². The summed E-state index contributed by atoms with van der Waals surface area (Å²) in [5, 5.41) is 0.0140. The van der Waals surface area contributed by atoms with E-state index in [1.807, 2.05) is 0 Å². The van der Waals surface area contributed by atoms with Gasteiger partial charge in [0.25, 0.3) is 0 Å². The highest BCUT2D eigenvalue weighted by molar-refractivity contribution is 7.18. The van der Waals surface area contributed by atoms with Crippen LogP contribution in [0.5, 0.6) is 0 Å². The van der Waals surface area contributed by atoms with Crippen molar-refractivity contribution >= 4 is 39.2 Å². The van der Waals surface area contributed by atoms with Crippen LogP contribution >= 0.6 is 11.3 Å². The van der Waals surface area contributed by atoms with E-state index in [1.165, 1.54) is 14.7 Å². The van der Waals surface area contributed by atoms with E-state index in [9.17, 15) is 40.3 Å². The Morgan fingerprint density at radius 2 is 1.74 bits per heavy atom. The number of aromatic nitrogens is 1. The molecule has 3 aliphatic heterocycles. The standard InChI is InChI=1S/C27H29F7N4O3S/c1-24(2,3)41-23(40)38-13-4-15(18(28)5-13)20(38)22(39)37-11-25(12-37)9-36(10-25)19-16-6-14(7-26(29,30)31)42-21(16)35-8-17(19)27(32,33)34/h6,8,13,15,18,20H,4-5,7,9-12H2,1-3H3/t13-,15+,18-,20-/m0/s1. The summed E-state index contributed by atoms with van der Waals surface area (Å²) in [6.07, 6.45) is -11.3. The van der Waals surface area contributed by atoms with E-state index in [-0.39, 0.29) is 53.4 Å². The third-order valence-corrected chi connectivity index (χ3v) is 9.50. The van der Waals surface area contributed by atoms with Crippen LogP contribution in [0.3, 0.4) is 0 Å². The van der Waals surface area contributed by atoms with E-state index in [1.54, 1.807) is 20.8 Å². The van der Waals surface area contributed by atoms with Crippen molar-refractivity contribution in [3.8, 4) is 0 Å². The lowest BCUT2D eigenvalue weighted by molar-refractivity contribution is -0.153. The van der Waals surface area contributed by atoms with E-state index in [4.69, 9.17) is 4.74 Å². The number of alkyl halides is 7. The molecule has 4 aliphatic rings. The summed E-state index contributed by atoms with van der Waals surface area (Å²) in [6.45, 7) is 5.83. The summed E-state index contributed by atoms with van der Waals surface area (Å²) in [5.41, 5.74) is -2.56. The number of carbonyl (C=O) groups excluding carboxylic acids is 2. The molecule has 0 unspecified atom stereocenters. The van der Waals surface area contributed by atoms with Crippen LogP contribution in [0.4, 0.5) is 41.2 Å². The Hall–Kier alpha value is -2.84. The molecule has 15 heteroatoms. The molecule has 4 fully saturated rings. The highest BCUT2D eigenvalue weighted by Crippen LogP contribution is 2.51. The fourth-order valence-electron chi connectivity index (χ4n) is 6.95. The molecule has 3 saturated heterocycles. The van der Waals surface area contributed by atoms with Gasteiger partial charge in [0.1, 0.15) is 22.6 Å². The van der Waals surface area contributed by atoms with Gasteiger partial charge in [-0.2, -0.15) is 26.3 Å². The number of thiophene rings is 1. The lowest BCUT2D eigenvalue weighted by Crippen LogP contribution is -2.75. The first-order valence-corrected chi connectivity index (χ1v) is 14.4. The summed E-state index contributed by atoms with van der Waals surface area (Å²) in [4.78, 5) is 34.6. The number of carbonyl (C=O) groups is 2. The van der Waals surface area contributed by atoms with Crippen molar-refractivity contribution in [1.82, 2.24) is 14.8 Å². The zero-order valence-electron chi connectivity index (χ0n) is 23.0. The largest absolute Gasteiger partial charge is 0.444 e. The second kappa shape index (κ2) is 9.33. The third kappa shape index (κ3) is 5.04. The molecule has 1 spiro atoms. The van der Waals surface area contributed by atoms with Gasteiger partial charge in [-0.1, -0.05) is 0 Å². The molecule has 6 rings (SSSR count). The average molecular weight is 623 g/mol. The quantitative estimate of drug-likeness (QED) is 0.405. The molecule has 2 bridgehead atoms. The zero-order valence-corrected chi connectivity index (χ0v) is 23.8. The van der Waals surface area contributed by atoms with Gasteiger partial charge in [0.05, 0.1) is 17.7 Å². The van der Waals surface area contributed by atoms with E-state index in [2.05, 4.69) is 4.98 Å². The monoisotopic (exact) mass is 622 g/mol. The van der Waals surface area contributed by atoms with Crippen LogP contribution in [-0.4, -0.2) is 83.0 Å². The molecule has 2 amide bonds. The van der Waals surface area contributed by atoms with Crippen LogP contribution in [-0.2, 0) is 22.1 Å². The molecule has 2 aromatic rings. The lowest BCUT2D eigenvalue weighted by atomic mass is 9.71. The number of likely N-dealkylation sites (tertiary alicyclic amines) is 2. The van der Waals surface area contributed by atoms with Gasteiger partial charge in [-0.15, -0.1) is 11.3 Å². The number of ether oxygens (including phenoxy) is 1. The fraction of sp³-hybridized carbons (Fsp3) is 0.667. The predicted octanol–water partition coefficient (Wildman–Crippen LogP) is 5.80. The molecule has 42 heavy (non-hydrogen) atoms. The Balaban J connectivity index is 1.18. The van der Waals surface area contributed by atoms with Crippen LogP contribution in [0.25, 0.3) is 10.2 Å². The Bertz CT molecular complexity index is 1420. The van der Waals surface area contributed by atoms with E-state index < -0.39 is 71.5 Å². The van der Waals surface area contributed by atoms with Crippen molar-refractivity contribution in [3.05, 3.63) is 22.7 Å². The number of rotatable bonds is 3. The minimum atomic E-state index is -4.77. The second-order valence-electron chi connectivity index (χ2n) is 12.9. The molecule has 0 aromatic carbocycles. The molecule has 2 aromatic heterocycles. The van der Waals surface area contributed by atoms with E-state index in [0.29, 0.717) is 24.0 Å². The highest BCUT2D eigenvalue weighted by Gasteiger charge is 2.61. The number of pyridine rings is 1. The van der Waals surface area contributed by atoms with Crippen molar-refractivity contribution in [2.24, 2.45) is 11.3 Å². The zero-order chi connectivity index (χ0) is 30.6. The molecule has 5 heterocycles. The topological polar surface area (TPSA) is 66.0 Å². The van der Waals surface area contributed by atoms with Gasteiger partial charge in [-0.25, -0.2) is 14.2 Å². The highest BCUT2D eigenvalue weighted by atomic mass is 32.1. The maximum atomic E-state index is 14.7. The summed E-state index contributed by atoms with van der Waals surface area (Å²) in [6, 6.07) is -0.317. The SMILES string of the molecule is CC(C)(C)OC(=O)N1[C@H]2C[C@@H]([C@H]1C(=O)N1CC3(C1)CN(c1c(C(F)(F)F)cnc4sc(CC(F)(F)F)cc14)C3)[C@@H](F)C2. The number of amides is 2. The van der Waals surface area contributed by atoms with Crippen molar-refractivity contribution in [2.75, 3.05) is 31.1 Å². The van der Waals surface area contributed by atoms with Crippen LogP contribution in [0.2, 0.25) is 0 Å². The number of anilines is 1. The van der Waals surface area contributed by atoms with Gasteiger partial charge in [-0.3, -0.25) is 9.69 Å². The minimum Gasteiger partial charge on any atom is -0.444 e. The summed E-state index contributed by atoms with van der Waals surface area (Å²) >= 11 is 0.708. The molecule has 230 valence electrons. The van der Waals surface area contributed by atoms with Crippen LogP contribution in [0.15, 0.2) is 12.3 Å². The summed E-state index contributed by atoms with van der Waals surface area (Å²) in [5.74, 6) is -1.05. The van der Waals surface area contributed by atoms with Crippen LogP contribution < -0.4 is 4.90 Å². The smallest absolute Gasteiger partial charge is 0.419 e. The van der Waals surface area contributed by atoms with Crippen LogP contribution in [0, 0.1) is 11.3 Å². The number of nitrogens with zero attached hydrogens (tertiary/aromatic N) is 4. The fourth-order valence-corrected chi connectivity index (χ4v) is 7.98. The lowest BCUT2D eigenvalue weighted by Gasteiger charge is -2.61.